The van der Waals surface area contributed by atoms with Crippen LogP contribution in [0.2, 0.25) is 0 Å². The summed E-state index contributed by atoms with van der Waals surface area (Å²) in [5, 5.41) is 11.5. The maximum Gasteiger partial charge on any atom is 0.242 e. The number of nitrogens with zero attached hydrogens (tertiary/aromatic N) is 4. The van der Waals surface area contributed by atoms with Crippen molar-refractivity contribution in [2.45, 2.75) is 25.8 Å². The van der Waals surface area contributed by atoms with Crippen LogP contribution in [0, 0.1) is 6.92 Å². The number of hydrogen-bond acceptors (Lipinski definition) is 6. The van der Waals surface area contributed by atoms with Crippen LogP contribution in [0.15, 0.2) is 12.1 Å². The Kier molecular flexibility index (Phi) is 5.00. The lowest BCUT2D eigenvalue weighted by Crippen LogP contribution is -2.46. The standard InChI is InChI=1S/C15H21N5O2S/c1-11-2-3-13(18-17-11)16-12-4-6-19(7-5-12)14(21)8-20-10-23-9-15(20)22/h2-3,12H,4-10H2,1H3,(H,16,18). The van der Waals surface area contributed by atoms with Crippen molar-refractivity contribution in [1.29, 1.82) is 0 Å². The monoisotopic (exact) mass is 335 g/mol. The third-order valence-electron chi connectivity index (χ3n) is 4.15. The normalized spacial score (nSPS) is 19.3. The quantitative estimate of drug-likeness (QED) is 0.874. The predicted molar refractivity (Wildman–Crippen MR) is 89.0 cm³/mol. The second kappa shape index (κ2) is 7.16. The van der Waals surface area contributed by atoms with Gasteiger partial charge in [0, 0.05) is 19.1 Å². The van der Waals surface area contributed by atoms with Gasteiger partial charge in [-0.2, -0.15) is 5.10 Å². The fourth-order valence-corrected chi connectivity index (χ4v) is 3.67. The van der Waals surface area contributed by atoms with Gasteiger partial charge in [0.15, 0.2) is 0 Å². The van der Waals surface area contributed by atoms with Crippen LogP contribution in [0.4, 0.5) is 5.82 Å². The van der Waals surface area contributed by atoms with E-state index in [1.165, 1.54) is 0 Å². The first kappa shape index (κ1) is 16.0. The number of carbonyl (C=O) groups excluding carboxylic acids is 2. The number of anilines is 1. The van der Waals surface area contributed by atoms with Crippen molar-refractivity contribution in [2.24, 2.45) is 0 Å². The lowest BCUT2D eigenvalue weighted by Gasteiger charge is -2.33. The van der Waals surface area contributed by atoms with E-state index in [-0.39, 0.29) is 18.4 Å². The van der Waals surface area contributed by atoms with Gasteiger partial charge in [-0.05, 0) is 31.9 Å². The fourth-order valence-electron chi connectivity index (χ4n) is 2.76. The van der Waals surface area contributed by atoms with Gasteiger partial charge in [0.2, 0.25) is 11.8 Å². The van der Waals surface area contributed by atoms with Crippen LogP contribution < -0.4 is 5.32 Å². The molecule has 0 atom stereocenters. The Hall–Kier alpha value is -1.83. The van der Waals surface area contributed by atoms with E-state index >= 15 is 0 Å². The minimum Gasteiger partial charge on any atom is -0.366 e. The number of aromatic nitrogens is 2. The van der Waals surface area contributed by atoms with Gasteiger partial charge < -0.3 is 15.1 Å². The van der Waals surface area contributed by atoms with Crippen molar-refractivity contribution in [3.8, 4) is 0 Å². The summed E-state index contributed by atoms with van der Waals surface area (Å²) in [6.07, 6.45) is 1.76. The van der Waals surface area contributed by atoms with E-state index in [0.29, 0.717) is 30.8 Å². The number of likely N-dealkylation sites (tertiary alicyclic amines) is 1. The number of aryl methyl sites for hydroxylation is 1. The first-order valence-corrected chi connectivity index (χ1v) is 8.97. The zero-order valence-electron chi connectivity index (χ0n) is 13.2. The molecule has 0 unspecified atom stereocenters. The summed E-state index contributed by atoms with van der Waals surface area (Å²) < 4.78 is 0. The van der Waals surface area contributed by atoms with Gasteiger partial charge in [0.25, 0.3) is 0 Å². The molecule has 0 saturated carbocycles. The Morgan fingerprint density at radius 1 is 1.35 bits per heavy atom. The molecular formula is C15H21N5O2S. The molecule has 1 aromatic heterocycles. The minimum absolute atomic E-state index is 0.0504. The van der Waals surface area contributed by atoms with Gasteiger partial charge in [0.05, 0.1) is 17.3 Å². The zero-order valence-corrected chi connectivity index (χ0v) is 14.0. The Balaban J connectivity index is 1.45. The molecule has 3 rings (SSSR count). The average molecular weight is 335 g/mol. The van der Waals surface area contributed by atoms with Gasteiger partial charge in [-0.25, -0.2) is 0 Å². The maximum atomic E-state index is 12.3. The van der Waals surface area contributed by atoms with Crippen molar-refractivity contribution >= 4 is 29.4 Å². The van der Waals surface area contributed by atoms with Gasteiger partial charge in [-0.1, -0.05) is 0 Å². The number of amides is 2. The summed E-state index contributed by atoms with van der Waals surface area (Å²) >= 11 is 1.56. The van der Waals surface area contributed by atoms with Crippen LogP contribution in [0.3, 0.4) is 0 Å². The van der Waals surface area contributed by atoms with Crippen LogP contribution in [-0.4, -0.2) is 69.1 Å². The fraction of sp³-hybridized carbons (Fsp3) is 0.600. The first-order chi connectivity index (χ1) is 11.1. The van der Waals surface area contributed by atoms with Crippen LogP contribution >= 0.6 is 11.8 Å². The summed E-state index contributed by atoms with van der Waals surface area (Å²) in [5.41, 5.74) is 0.894. The minimum atomic E-state index is 0.0504. The number of hydrogen-bond donors (Lipinski definition) is 1. The summed E-state index contributed by atoms with van der Waals surface area (Å²) in [6, 6.07) is 4.16. The van der Waals surface area contributed by atoms with Gasteiger partial charge in [0.1, 0.15) is 12.4 Å². The first-order valence-electron chi connectivity index (χ1n) is 7.82. The summed E-state index contributed by atoms with van der Waals surface area (Å²) in [7, 11) is 0. The molecule has 2 aliphatic rings. The van der Waals surface area contributed by atoms with E-state index in [4.69, 9.17) is 0 Å². The molecule has 2 saturated heterocycles. The highest BCUT2D eigenvalue weighted by molar-refractivity contribution is 8.00. The Bertz CT molecular complexity index is 572. The van der Waals surface area contributed by atoms with Crippen molar-refractivity contribution < 1.29 is 9.59 Å². The van der Waals surface area contributed by atoms with Crippen molar-refractivity contribution in [3.05, 3.63) is 17.8 Å². The van der Waals surface area contributed by atoms with Gasteiger partial charge in [-0.3, -0.25) is 9.59 Å². The lowest BCUT2D eigenvalue weighted by atomic mass is 10.0. The Morgan fingerprint density at radius 2 is 2.13 bits per heavy atom. The second-order valence-corrected chi connectivity index (χ2v) is 6.88. The molecule has 1 N–H and O–H groups in total. The molecule has 0 bridgehead atoms. The van der Waals surface area contributed by atoms with Crippen LogP contribution in [0.1, 0.15) is 18.5 Å². The van der Waals surface area contributed by atoms with Crippen LogP contribution in [0.25, 0.3) is 0 Å². The molecule has 0 radical (unpaired) electrons. The Labute approximate surface area is 139 Å². The summed E-state index contributed by atoms with van der Waals surface area (Å²) in [5.74, 6) is 2.03. The number of piperidine rings is 1. The number of carbonyl (C=O) groups is 2. The molecule has 2 aliphatic heterocycles. The molecule has 8 heteroatoms. The van der Waals surface area contributed by atoms with Gasteiger partial charge in [-0.15, -0.1) is 16.9 Å². The molecule has 7 nitrogen and oxygen atoms in total. The SMILES string of the molecule is Cc1ccc(NC2CCN(C(=O)CN3CSCC3=O)CC2)nn1. The highest BCUT2D eigenvalue weighted by atomic mass is 32.2. The van der Waals surface area contributed by atoms with E-state index in [2.05, 4.69) is 15.5 Å². The molecule has 2 fully saturated rings. The van der Waals surface area contributed by atoms with Crippen LogP contribution in [0.5, 0.6) is 0 Å². The average Bonchev–Trinajstić information content (AvgIpc) is 2.95. The molecule has 2 amide bonds. The molecule has 0 spiro atoms. The van der Waals surface area contributed by atoms with Crippen LogP contribution in [-0.2, 0) is 9.59 Å². The van der Waals surface area contributed by atoms with E-state index in [1.54, 1.807) is 16.7 Å². The molecule has 23 heavy (non-hydrogen) atoms. The highest BCUT2D eigenvalue weighted by Gasteiger charge is 2.27. The lowest BCUT2D eigenvalue weighted by molar-refractivity contribution is -0.138. The molecule has 1 aromatic rings. The molecule has 0 aromatic carbocycles. The van der Waals surface area contributed by atoms with E-state index in [0.717, 1.165) is 24.4 Å². The number of thioether (sulfide) groups is 1. The summed E-state index contributed by atoms with van der Waals surface area (Å²) in [4.78, 5) is 27.4. The third-order valence-corrected chi connectivity index (χ3v) is 5.09. The topological polar surface area (TPSA) is 78.4 Å². The smallest absolute Gasteiger partial charge is 0.242 e. The molecule has 3 heterocycles. The summed E-state index contributed by atoms with van der Waals surface area (Å²) in [6.45, 7) is 3.55. The van der Waals surface area contributed by atoms with E-state index in [1.807, 2.05) is 24.0 Å². The highest BCUT2D eigenvalue weighted by Crippen LogP contribution is 2.18. The van der Waals surface area contributed by atoms with Crippen molar-refractivity contribution in [3.63, 3.8) is 0 Å². The third kappa shape index (κ3) is 4.13. The largest absolute Gasteiger partial charge is 0.366 e. The number of rotatable bonds is 4. The van der Waals surface area contributed by atoms with Gasteiger partial charge >= 0.3 is 0 Å². The predicted octanol–water partition coefficient (Wildman–Crippen LogP) is 0.721. The van der Waals surface area contributed by atoms with Crippen molar-refractivity contribution in [2.75, 3.05) is 36.6 Å². The van der Waals surface area contributed by atoms with E-state index in [9.17, 15) is 9.59 Å². The maximum absolute atomic E-state index is 12.3. The molecule has 124 valence electrons. The zero-order chi connectivity index (χ0) is 16.2. The molecule has 0 aliphatic carbocycles. The molecular weight excluding hydrogens is 314 g/mol. The second-order valence-electron chi connectivity index (χ2n) is 5.93. The Morgan fingerprint density at radius 3 is 2.74 bits per heavy atom. The van der Waals surface area contributed by atoms with Crippen molar-refractivity contribution in [1.82, 2.24) is 20.0 Å². The van der Waals surface area contributed by atoms with E-state index < -0.39 is 0 Å². The number of nitrogens with one attached hydrogen (secondary N) is 1.